The number of rotatable bonds is 3. The number of ketones is 2. The van der Waals surface area contributed by atoms with E-state index in [4.69, 9.17) is 4.74 Å². The predicted molar refractivity (Wildman–Crippen MR) is 131 cm³/mol. The van der Waals surface area contributed by atoms with Gasteiger partial charge in [0.2, 0.25) is 29.0 Å². The van der Waals surface area contributed by atoms with Crippen LogP contribution in [0.4, 0.5) is 5.69 Å². The van der Waals surface area contributed by atoms with Gasteiger partial charge in [0.15, 0.2) is 0 Å². The Balaban J connectivity index is 1.55. The zero-order chi connectivity index (χ0) is 24.5. The van der Waals surface area contributed by atoms with Crippen molar-refractivity contribution in [3.63, 3.8) is 0 Å². The fourth-order valence-electron chi connectivity index (χ4n) is 5.74. The number of carbonyl (C=O) groups excluding carboxylic acids is 4. The van der Waals surface area contributed by atoms with Gasteiger partial charge in [0.1, 0.15) is 0 Å². The summed E-state index contributed by atoms with van der Waals surface area (Å²) in [6, 6.07) is 20.9. The Hall–Kier alpha value is -3.42. The van der Waals surface area contributed by atoms with E-state index >= 15 is 0 Å². The van der Waals surface area contributed by atoms with Crippen molar-refractivity contribution in [1.82, 2.24) is 0 Å². The van der Waals surface area contributed by atoms with Crippen LogP contribution in [0.15, 0.2) is 77.3 Å². The first-order valence-electron chi connectivity index (χ1n) is 11.5. The van der Waals surface area contributed by atoms with Gasteiger partial charge in [0, 0.05) is 15.6 Å². The van der Waals surface area contributed by atoms with Crippen LogP contribution in [0, 0.1) is 11.8 Å². The maximum atomic E-state index is 14.0. The number of hydrogen-bond donors (Lipinski definition) is 0. The lowest BCUT2D eigenvalue weighted by atomic mass is 9.77. The number of amides is 2. The molecule has 1 aliphatic carbocycles. The zero-order valence-corrected chi connectivity index (χ0v) is 20.3. The number of ether oxygens (including phenoxy) is 1. The van der Waals surface area contributed by atoms with E-state index in [0.717, 1.165) is 14.9 Å². The van der Waals surface area contributed by atoms with Crippen LogP contribution in [0.3, 0.4) is 0 Å². The molecular formula is C28H20BrNO5. The highest BCUT2D eigenvalue weighted by Crippen LogP contribution is 2.57. The second kappa shape index (κ2) is 7.80. The number of benzene rings is 3. The van der Waals surface area contributed by atoms with Crippen molar-refractivity contribution in [2.24, 2.45) is 11.8 Å². The van der Waals surface area contributed by atoms with Crippen LogP contribution in [0.1, 0.15) is 44.9 Å². The average Bonchev–Trinajstić information content (AvgIpc) is 3.44. The second-order valence-corrected chi connectivity index (χ2v) is 9.94. The Kier molecular flexibility index (Phi) is 4.92. The molecule has 3 aliphatic rings. The minimum absolute atomic E-state index is 0.223. The number of hydrogen-bond acceptors (Lipinski definition) is 5. The summed E-state index contributed by atoms with van der Waals surface area (Å²) < 4.78 is 7.14. The third-order valence-electron chi connectivity index (χ3n) is 7.33. The third-order valence-corrected chi connectivity index (χ3v) is 7.86. The third kappa shape index (κ3) is 2.85. The van der Waals surface area contributed by atoms with Crippen LogP contribution in [-0.2, 0) is 20.7 Å². The van der Waals surface area contributed by atoms with Gasteiger partial charge in [0.05, 0.1) is 23.6 Å². The van der Waals surface area contributed by atoms with Gasteiger partial charge < -0.3 is 4.74 Å². The fraction of sp³-hybridized carbons (Fsp3) is 0.214. The molecule has 6 rings (SSSR count). The minimum Gasteiger partial charge on any atom is -0.349 e. The molecule has 2 heterocycles. The molecule has 2 saturated heterocycles. The van der Waals surface area contributed by atoms with E-state index in [1.807, 2.05) is 19.1 Å². The van der Waals surface area contributed by atoms with Gasteiger partial charge in [-0.1, -0.05) is 77.5 Å². The first kappa shape index (κ1) is 22.1. The number of anilines is 1. The van der Waals surface area contributed by atoms with E-state index in [1.54, 1.807) is 60.7 Å². The van der Waals surface area contributed by atoms with Crippen LogP contribution in [0.5, 0.6) is 0 Å². The molecule has 7 heteroatoms. The lowest BCUT2D eigenvalue weighted by Gasteiger charge is -2.28. The van der Waals surface area contributed by atoms with Crippen LogP contribution in [0.2, 0.25) is 0 Å². The van der Waals surface area contributed by atoms with Crippen molar-refractivity contribution in [3.8, 4) is 0 Å². The number of halogens is 1. The summed E-state index contributed by atoms with van der Waals surface area (Å²) in [6.07, 6.45) is -0.311. The first-order chi connectivity index (χ1) is 16.9. The lowest BCUT2D eigenvalue weighted by molar-refractivity contribution is -0.127. The standard InChI is InChI=1S/C28H20BrNO5/c1-2-15-7-3-6-10-20(15)30-26(33)21-22(27(30)34)28(35-23(21)16-11-13-17(29)14-12-16)24(31)18-8-4-5-9-19(18)25(28)32/h3-14,21-23H,2H2,1H3. The Morgan fingerprint density at radius 1 is 0.829 bits per heavy atom. The molecule has 174 valence electrons. The van der Waals surface area contributed by atoms with Gasteiger partial charge in [-0.05, 0) is 35.7 Å². The van der Waals surface area contributed by atoms with Crippen LogP contribution in [-0.4, -0.2) is 29.0 Å². The van der Waals surface area contributed by atoms with Crippen molar-refractivity contribution < 1.29 is 23.9 Å². The highest BCUT2D eigenvalue weighted by atomic mass is 79.9. The van der Waals surface area contributed by atoms with Crippen molar-refractivity contribution >= 4 is 45.0 Å². The van der Waals surface area contributed by atoms with Crippen molar-refractivity contribution in [1.29, 1.82) is 0 Å². The molecule has 0 aromatic heterocycles. The molecule has 35 heavy (non-hydrogen) atoms. The average molecular weight is 530 g/mol. The molecule has 6 nitrogen and oxygen atoms in total. The van der Waals surface area contributed by atoms with Gasteiger partial charge in [-0.2, -0.15) is 0 Å². The van der Waals surface area contributed by atoms with Crippen LogP contribution < -0.4 is 4.90 Å². The summed E-state index contributed by atoms with van der Waals surface area (Å²) in [5.41, 5.74) is 0.328. The minimum atomic E-state index is -2.06. The summed E-state index contributed by atoms with van der Waals surface area (Å²) in [6.45, 7) is 1.95. The molecule has 0 saturated carbocycles. The second-order valence-electron chi connectivity index (χ2n) is 9.03. The highest BCUT2D eigenvalue weighted by Gasteiger charge is 2.74. The molecular weight excluding hydrogens is 510 g/mol. The van der Waals surface area contributed by atoms with Crippen LogP contribution in [0.25, 0.3) is 0 Å². The van der Waals surface area contributed by atoms with E-state index < -0.39 is 46.9 Å². The predicted octanol–water partition coefficient (Wildman–Crippen LogP) is 4.71. The number of carbonyl (C=O) groups is 4. The maximum absolute atomic E-state index is 14.0. The van der Waals surface area contributed by atoms with Crippen LogP contribution >= 0.6 is 15.9 Å². The molecule has 1 spiro atoms. The summed E-state index contributed by atoms with van der Waals surface area (Å²) in [5.74, 6) is -4.40. The molecule has 0 radical (unpaired) electrons. The van der Waals surface area contributed by atoms with Gasteiger partial charge in [-0.15, -0.1) is 0 Å². The van der Waals surface area contributed by atoms with Crippen molar-refractivity contribution in [2.75, 3.05) is 4.90 Å². The lowest BCUT2D eigenvalue weighted by Crippen LogP contribution is -2.51. The van der Waals surface area contributed by atoms with Gasteiger partial charge in [-0.3, -0.25) is 19.2 Å². The molecule has 0 N–H and O–H groups in total. The van der Waals surface area contributed by atoms with Gasteiger partial charge in [0.25, 0.3) is 0 Å². The van der Waals surface area contributed by atoms with E-state index in [9.17, 15) is 19.2 Å². The van der Waals surface area contributed by atoms with E-state index in [-0.39, 0.29) is 11.1 Å². The molecule has 3 aromatic rings. The first-order valence-corrected chi connectivity index (χ1v) is 12.3. The topological polar surface area (TPSA) is 80.8 Å². The van der Waals surface area contributed by atoms with Crippen molar-refractivity contribution in [3.05, 3.63) is 99.5 Å². The maximum Gasteiger partial charge on any atom is 0.241 e. The molecule has 2 aliphatic heterocycles. The number of aryl methyl sites for hydroxylation is 1. The fourth-order valence-corrected chi connectivity index (χ4v) is 6.00. The highest BCUT2D eigenvalue weighted by molar-refractivity contribution is 9.10. The number of nitrogens with zero attached hydrogens (tertiary/aromatic N) is 1. The van der Waals surface area contributed by atoms with E-state index in [1.165, 1.54) is 0 Å². The number of imide groups is 1. The summed E-state index contributed by atoms with van der Waals surface area (Å²) in [4.78, 5) is 56.7. The molecule has 3 atom stereocenters. The summed E-state index contributed by atoms with van der Waals surface area (Å²) >= 11 is 3.41. The summed E-state index contributed by atoms with van der Waals surface area (Å²) in [5, 5.41) is 0. The van der Waals surface area contributed by atoms with Gasteiger partial charge in [-0.25, -0.2) is 4.90 Å². The van der Waals surface area contributed by atoms with E-state index in [0.29, 0.717) is 17.7 Å². The monoisotopic (exact) mass is 529 g/mol. The Labute approximate surface area is 210 Å². The number of para-hydroxylation sites is 1. The largest absolute Gasteiger partial charge is 0.349 e. The molecule has 2 fully saturated rings. The number of fused-ring (bicyclic) bond motifs is 3. The van der Waals surface area contributed by atoms with Crippen molar-refractivity contribution in [2.45, 2.75) is 25.0 Å². The molecule has 3 aromatic carbocycles. The molecule has 0 bridgehead atoms. The Bertz CT molecular complexity index is 1390. The smallest absolute Gasteiger partial charge is 0.241 e. The normalized spacial score (nSPS) is 24.4. The molecule has 3 unspecified atom stereocenters. The Morgan fingerprint density at radius 2 is 1.43 bits per heavy atom. The SMILES string of the molecule is CCc1ccccc1N1C(=O)C2C(c3ccc(Br)cc3)OC3(C(=O)c4ccccc4C3=O)C2C1=O. The molecule has 2 amide bonds. The quantitative estimate of drug-likeness (QED) is 0.362. The van der Waals surface area contributed by atoms with E-state index in [2.05, 4.69) is 15.9 Å². The zero-order valence-electron chi connectivity index (χ0n) is 18.7. The Morgan fingerprint density at radius 3 is 2.06 bits per heavy atom. The van der Waals surface area contributed by atoms with Gasteiger partial charge >= 0.3 is 0 Å². The summed E-state index contributed by atoms with van der Waals surface area (Å²) in [7, 11) is 0. The number of Topliss-reactive ketones (excluding diaryl/α,β-unsaturated/α-hetero) is 2.